The summed E-state index contributed by atoms with van der Waals surface area (Å²) in [5.74, 6) is -1.88. The summed E-state index contributed by atoms with van der Waals surface area (Å²) < 4.78 is 4.78. The highest BCUT2D eigenvalue weighted by Gasteiger charge is 2.11. The molecule has 0 saturated carbocycles. The molecule has 0 aliphatic carbocycles. The second kappa shape index (κ2) is 7.90. The average Bonchev–Trinajstić information content (AvgIpc) is 2.59. The van der Waals surface area contributed by atoms with Gasteiger partial charge in [0.15, 0.2) is 6.61 Å². The number of rotatable bonds is 4. The van der Waals surface area contributed by atoms with Gasteiger partial charge in [-0.2, -0.15) is 0 Å². The molecule has 2 aromatic rings. The van der Waals surface area contributed by atoms with Gasteiger partial charge in [-0.1, -0.05) is 29.8 Å². The Morgan fingerprint density at radius 1 is 1.00 bits per heavy atom. The molecular weight excluding hydrogens is 322 g/mol. The Balaban J connectivity index is 1.76. The first-order chi connectivity index (χ1) is 11.1. The zero-order chi connectivity index (χ0) is 16.7. The number of hydrazine groups is 1. The van der Waals surface area contributed by atoms with E-state index in [1.807, 2.05) is 0 Å². The van der Waals surface area contributed by atoms with E-state index in [1.165, 1.54) is 18.3 Å². The highest BCUT2D eigenvalue weighted by Crippen LogP contribution is 2.06. The van der Waals surface area contributed by atoms with Crippen molar-refractivity contribution in [3.63, 3.8) is 0 Å². The van der Waals surface area contributed by atoms with Crippen LogP contribution in [0.15, 0.2) is 48.7 Å². The lowest BCUT2D eigenvalue weighted by Crippen LogP contribution is -2.43. The summed E-state index contributed by atoms with van der Waals surface area (Å²) in [6.07, 6.45) is 1.24. The Bertz CT molecular complexity index is 704. The van der Waals surface area contributed by atoms with Gasteiger partial charge in [-0.05, 0) is 24.3 Å². The molecule has 23 heavy (non-hydrogen) atoms. The summed E-state index contributed by atoms with van der Waals surface area (Å²) in [7, 11) is 0. The van der Waals surface area contributed by atoms with Gasteiger partial charge in [-0.25, -0.2) is 9.78 Å². The van der Waals surface area contributed by atoms with Crippen LogP contribution in [-0.4, -0.2) is 29.4 Å². The number of amides is 2. The highest BCUT2D eigenvalue weighted by atomic mass is 35.5. The standard InChI is InChI=1S/C15H12ClN3O4/c16-12-7-6-11(8-17-12)15(22)23-9-13(20)18-19-14(21)10-4-2-1-3-5-10/h1-8H,9H2,(H,18,20)(H,19,21). The third-order valence-corrected chi connectivity index (χ3v) is 2.87. The number of ether oxygens (including phenoxy) is 1. The Morgan fingerprint density at radius 2 is 1.74 bits per heavy atom. The van der Waals surface area contributed by atoms with Crippen molar-refractivity contribution in [1.29, 1.82) is 0 Å². The maximum Gasteiger partial charge on any atom is 0.340 e. The smallest absolute Gasteiger partial charge is 0.340 e. The van der Waals surface area contributed by atoms with Crippen molar-refractivity contribution in [3.8, 4) is 0 Å². The molecule has 0 unspecified atom stereocenters. The van der Waals surface area contributed by atoms with Gasteiger partial charge in [-0.15, -0.1) is 0 Å². The summed E-state index contributed by atoms with van der Waals surface area (Å²) in [5.41, 5.74) is 4.90. The van der Waals surface area contributed by atoms with E-state index in [9.17, 15) is 14.4 Å². The first-order valence-electron chi connectivity index (χ1n) is 6.49. The molecule has 1 aromatic carbocycles. The summed E-state index contributed by atoms with van der Waals surface area (Å²) >= 11 is 5.60. The van der Waals surface area contributed by atoms with Gasteiger partial charge in [0.2, 0.25) is 0 Å². The first kappa shape index (κ1) is 16.4. The fourth-order valence-electron chi connectivity index (χ4n) is 1.54. The van der Waals surface area contributed by atoms with E-state index in [-0.39, 0.29) is 10.7 Å². The maximum absolute atomic E-state index is 11.7. The number of benzene rings is 1. The summed E-state index contributed by atoms with van der Waals surface area (Å²) in [5, 5.41) is 0.239. The van der Waals surface area contributed by atoms with Crippen molar-refractivity contribution >= 4 is 29.4 Å². The van der Waals surface area contributed by atoms with Crippen LogP contribution in [0.4, 0.5) is 0 Å². The fraction of sp³-hybridized carbons (Fsp3) is 0.0667. The monoisotopic (exact) mass is 333 g/mol. The quantitative estimate of drug-likeness (QED) is 0.500. The van der Waals surface area contributed by atoms with Crippen molar-refractivity contribution in [2.75, 3.05) is 6.61 Å². The molecule has 0 fully saturated rings. The van der Waals surface area contributed by atoms with Gasteiger partial charge in [0.25, 0.3) is 11.8 Å². The summed E-state index contributed by atoms with van der Waals surface area (Å²) in [6.45, 7) is -0.545. The number of carbonyl (C=O) groups excluding carboxylic acids is 3. The molecule has 0 atom stereocenters. The Kier molecular flexibility index (Phi) is 5.65. The fourth-order valence-corrected chi connectivity index (χ4v) is 1.65. The van der Waals surface area contributed by atoms with Crippen molar-refractivity contribution < 1.29 is 19.1 Å². The zero-order valence-electron chi connectivity index (χ0n) is 11.8. The molecule has 2 amide bonds. The van der Waals surface area contributed by atoms with Gasteiger partial charge < -0.3 is 4.74 Å². The third kappa shape index (κ3) is 5.08. The molecule has 1 heterocycles. The van der Waals surface area contributed by atoms with Crippen molar-refractivity contribution in [2.45, 2.75) is 0 Å². The lowest BCUT2D eigenvalue weighted by atomic mass is 10.2. The van der Waals surface area contributed by atoms with Crippen LogP contribution >= 0.6 is 11.6 Å². The predicted molar refractivity (Wildman–Crippen MR) is 81.6 cm³/mol. The molecule has 7 nitrogen and oxygen atoms in total. The van der Waals surface area contributed by atoms with E-state index in [4.69, 9.17) is 16.3 Å². The number of hydrogen-bond acceptors (Lipinski definition) is 5. The van der Waals surface area contributed by atoms with E-state index in [0.29, 0.717) is 5.56 Å². The minimum atomic E-state index is -0.723. The maximum atomic E-state index is 11.7. The van der Waals surface area contributed by atoms with E-state index in [1.54, 1.807) is 30.3 Å². The number of pyridine rings is 1. The SMILES string of the molecule is O=C(COC(=O)c1ccc(Cl)nc1)NNC(=O)c1ccccc1. The number of halogens is 1. The molecule has 0 saturated heterocycles. The molecule has 0 aliphatic rings. The largest absolute Gasteiger partial charge is 0.452 e. The number of aromatic nitrogens is 1. The topological polar surface area (TPSA) is 97.4 Å². The number of nitrogens with one attached hydrogen (secondary N) is 2. The van der Waals surface area contributed by atoms with Crippen molar-refractivity contribution in [1.82, 2.24) is 15.8 Å². The lowest BCUT2D eigenvalue weighted by Gasteiger charge is -2.08. The number of carbonyl (C=O) groups is 3. The molecule has 2 rings (SSSR count). The second-order valence-corrected chi connectivity index (χ2v) is 4.70. The number of esters is 1. The normalized spacial score (nSPS) is 9.78. The Hall–Kier alpha value is -2.93. The van der Waals surface area contributed by atoms with Crippen LogP contribution in [0.1, 0.15) is 20.7 Å². The van der Waals surface area contributed by atoms with Gasteiger partial charge in [-0.3, -0.25) is 20.4 Å². The van der Waals surface area contributed by atoms with Crippen molar-refractivity contribution in [3.05, 3.63) is 64.9 Å². The van der Waals surface area contributed by atoms with E-state index in [2.05, 4.69) is 15.8 Å². The van der Waals surface area contributed by atoms with Crippen LogP contribution in [0.25, 0.3) is 0 Å². The third-order valence-electron chi connectivity index (χ3n) is 2.65. The van der Waals surface area contributed by atoms with Crippen LogP contribution in [-0.2, 0) is 9.53 Å². The van der Waals surface area contributed by atoms with Crippen LogP contribution in [0.2, 0.25) is 5.15 Å². The lowest BCUT2D eigenvalue weighted by molar-refractivity contribution is -0.125. The minimum absolute atomic E-state index is 0.163. The first-order valence-corrected chi connectivity index (χ1v) is 6.87. The molecule has 0 radical (unpaired) electrons. The Labute approximate surface area is 136 Å². The van der Waals surface area contributed by atoms with Crippen LogP contribution in [0, 0.1) is 0 Å². The zero-order valence-corrected chi connectivity index (χ0v) is 12.5. The minimum Gasteiger partial charge on any atom is -0.452 e. The molecule has 0 bridgehead atoms. The average molecular weight is 334 g/mol. The summed E-state index contributed by atoms with van der Waals surface area (Å²) in [6, 6.07) is 11.2. The van der Waals surface area contributed by atoms with Crippen LogP contribution in [0.3, 0.4) is 0 Å². The molecular formula is C15H12ClN3O4. The molecule has 0 spiro atoms. The second-order valence-electron chi connectivity index (χ2n) is 4.31. The number of nitrogens with zero attached hydrogens (tertiary/aromatic N) is 1. The van der Waals surface area contributed by atoms with Crippen LogP contribution in [0.5, 0.6) is 0 Å². The predicted octanol–water partition coefficient (Wildman–Crippen LogP) is 1.35. The molecule has 1 aromatic heterocycles. The number of hydrogen-bond donors (Lipinski definition) is 2. The van der Waals surface area contributed by atoms with Crippen molar-refractivity contribution in [2.24, 2.45) is 0 Å². The van der Waals surface area contributed by atoms with Gasteiger partial charge in [0, 0.05) is 11.8 Å². The molecule has 2 N–H and O–H groups in total. The van der Waals surface area contributed by atoms with E-state index >= 15 is 0 Å². The van der Waals surface area contributed by atoms with Crippen LogP contribution < -0.4 is 10.9 Å². The molecule has 0 aliphatic heterocycles. The van der Waals surface area contributed by atoms with Gasteiger partial charge >= 0.3 is 5.97 Å². The van der Waals surface area contributed by atoms with E-state index in [0.717, 1.165) is 0 Å². The van der Waals surface area contributed by atoms with E-state index < -0.39 is 24.4 Å². The Morgan fingerprint density at radius 3 is 2.39 bits per heavy atom. The molecule has 8 heteroatoms. The van der Waals surface area contributed by atoms with Gasteiger partial charge in [0.05, 0.1) is 5.56 Å². The highest BCUT2D eigenvalue weighted by molar-refractivity contribution is 6.29. The molecule has 118 valence electrons. The van der Waals surface area contributed by atoms with Gasteiger partial charge in [0.1, 0.15) is 5.15 Å². The summed E-state index contributed by atoms with van der Waals surface area (Å²) in [4.78, 5) is 38.6.